The number of hydrogen-bond donors (Lipinski definition) is 2. The first-order chi connectivity index (χ1) is 10.1. The molecule has 106 valence electrons. The average molecular weight is 285 g/mol. The first-order valence-electron chi connectivity index (χ1n) is 6.13. The third-order valence-electron chi connectivity index (χ3n) is 2.70. The van der Waals surface area contributed by atoms with Gasteiger partial charge in [-0.1, -0.05) is 30.3 Å². The van der Waals surface area contributed by atoms with Crippen molar-refractivity contribution in [2.24, 2.45) is 0 Å². The Morgan fingerprint density at radius 1 is 1.00 bits per heavy atom. The summed E-state index contributed by atoms with van der Waals surface area (Å²) in [6.07, 6.45) is 1.27. The molecular weight excluding hydrogens is 273 g/mol. The van der Waals surface area contributed by atoms with Gasteiger partial charge in [0, 0.05) is 5.56 Å². The largest absolute Gasteiger partial charge is 0.477 e. The van der Waals surface area contributed by atoms with Crippen molar-refractivity contribution in [1.29, 1.82) is 0 Å². The standard InChI is InChI=1S/C16H12FNO3/c17-13-8-6-11(7-9-13)10-14(16(20)21)18-15(19)12-4-2-1-3-5-12/h1-10H,(H,18,19)(H,20,21). The van der Waals surface area contributed by atoms with Gasteiger partial charge in [-0.25, -0.2) is 9.18 Å². The molecule has 0 aliphatic rings. The van der Waals surface area contributed by atoms with Crippen LogP contribution in [0.25, 0.3) is 6.08 Å². The smallest absolute Gasteiger partial charge is 0.352 e. The van der Waals surface area contributed by atoms with E-state index in [1.54, 1.807) is 30.3 Å². The predicted molar refractivity (Wildman–Crippen MR) is 75.9 cm³/mol. The van der Waals surface area contributed by atoms with E-state index in [0.29, 0.717) is 11.1 Å². The zero-order valence-electron chi connectivity index (χ0n) is 10.9. The first kappa shape index (κ1) is 14.5. The molecule has 0 heterocycles. The molecule has 0 bridgehead atoms. The first-order valence-corrected chi connectivity index (χ1v) is 6.13. The number of benzene rings is 2. The lowest BCUT2D eigenvalue weighted by molar-refractivity contribution is -0.132. The van der Waals surface area contributed by atoms with Gasteiger partial charge in [0.1, 0.15) is 11.5 Å². The molecule has 5 heteroatoms. The Kier molecular flexibility index (Phi) is 4.46. The monoisotopic (exact) mass is 285 g/mol. The van der Waals surface area contributed by atoms with Crippen molar-refractivity contribution in [3.05, 3.63) is 77.2 Å². The van der Waals surface area contributed by atoms with E-state index in [-0.39, 0.29) is 5.70 Å². The van der Waals surface area contributed by atoms with Gasteiger partial charge in [-0.2, -0.15) is 0 Å². The molecule has 21 heavy (non-hydrogen) atoms. The molecule has 0 saturated carbocycles. The molecule has 0 fully saturated rings. The minimum absolute atomic E-state index is 0.282. The molecule has 2 aromatic rings. The molecule has 0 radical (unpaired) electrons. The summed E-state index contributed by atoms with van der Waals surface area (Å²) in [4.78, 5) is 23.1. The third-order valence-corrected chi connectivity index (χ3v) is 2.70. The van der Waals surface area contributed by atoms with E-state index in [0.717, 1.165) is 0 Å². The van der Waals surface area contributed by atoms with Crippen molar-refractivity contribution in [3.8, 4) is 0 Å². The zero-order chi connectivity index (χ0) is 15.2. The van der Waals surface area contributed by atoms with Crippen molar-refractivity contribution >= 4 is 18.0 Å². The molecule has 1 amide bonds. The van der Waals surface area contributed by atoms with Crippen molar-refractivity contribution in [2.75, 3.05) is 0 Å². The summed E-state index contributed by atoms with van der Waals surface area (Å²) in [6.45, 7) is 0. The van der Waals surface area contributed by atoms with E-state index >= 15 is 0 Å². The number of amides is 1. The molecule has 0 saturated heterocycles. The molecule has 0 unspecified atom stereocenters. The van der Waals surface area contributed by atoms with Crippen LogP contribution in [-0.2, 0) is 4.79 Å². The van der Waals surface area contributed by atoms with Crippen LogP contribution in [0.4, 0.5) is 4.39 Å². The second kappa shape index (κ2) is 6.47. The number of rotatable bonds is 4. The molecule has 2 N–H and O–H groups in total. The molecule has 0 spiro atoms. The van der Waals surface area contributed by atoms with Crippen LogP contribution in [0.5, 0.6) is 0 Å². The third kappa shape index (κ3) is 4.01. The van der Waals surface area contributed by atoms with Gasteiger partial charge in [0.25, 0.3) is 5.91 Å². The summed E-state index contributed by atoms with van der Waals surface area (Å²) in [5, 5.41) is 11.5. The molecule has 0 atom stereocenters. The lowest BCUT2D eigenvalue weighted by Crippen LogP contribution is -2.27. The van der Waals surface area contributed by atoms with Gasteiger partial charge in [0.05, 0.1) is 0 Å². The number of halogens is 1. The van der Waals surface area contributed by atoms with Crippen molar-refractivity contribution < 1.29 is 19.1 Å². The summed E-state index contributed by atoms with van der Waals surface area (Å²) in [6, 6.07) is 13.5. The van der Waals surface area contributed by atoms with Gasteiger partial charge < -0.3 is 10.4 Å². The van der Waals surface area contributed by atoms with Crippen LogP contribution in [0.1, 0.15) is 15.9 Å². The molecular formula is C16H12FNO3. The zero-order valence-corrected chi connectivity index (χ0v) is 10.9. The number of carboxylic acid groups (broad SMARTS) is 1. The van der Waals surface area contributed by atoms with Crippen LogP contribution in [-0.4, -0.2) is 17.0 Å². The fourth-order valence-electron chi connectivity index (χ4n) is 1.66. The van der Waals surface area contributed by atoms with Crippen molar-refractivity contribution in [2.45, 2.75) is 0 Å². The van der Waals surface area contributed by atoms with Crippen LogP contribution >= 0.6 is 0 Å². The highest BCUT2D eigenvalue weighted by Gasteiger charge is 2.13. The second-order valence-corrected chi connectivity index (χ2v) is 4.23. The number of carbonyl (C=O) groups is 2. The number of aliphatic carboxylic acids is 1. The lowest BCUT2D eigenvalue weighted by atomic mass is 10.1. The van der Waals surface area contributed by atoms with Gasteiger partial charge in [-0.05, 0) is 35.9 Å². The Bertz CT molecular complexity index is 678. The average Bonchev–Trinajstić information content (AvgIpc) is 2.49. The van der Waals surface area contributed by atoms with Gasteiger partial charge in [0.15, 0.2) is 0 Å². The summed E-state index contributed by atoms with van der Waals surface area (Å²) in [5.41, 5.74) is 0.543. The molecule has 0 aliphatic heterocycles. The Hall–Kier alpha value is -2.95. The summed E-state index contributed by atoms with van der Waals surface area (Å²) < 4.78 is 12.8. The molecule has 2 aromatic carbocycles. The normalized spacial score (nSPS) is 11.0. The summed E-state index contributed by atoms with van der Waals surface area (Å²) in [5.74, 6) is -2.22. The molecule has 2 rings (SSSR count). The van der Waals surface area contributed by atoms with E-state index in [4.69, 9.17) is 5.11 Å². The number of carboxylic acids is 1. The SMILES string of the molecule is O=C(O)C(=Cc1ccc(F)cc1)NC(=O)c1ccccc1. The number of nitrogens with one attached hydrogen (secondary N) is 1. The minimum atomic E-state index is -1.27. The highest BCUT2D eigenvalue weighted by Crippen LogP contribution is 2.08. The lowest BCUT2D eigenvalue weighted by Gasteiger charge is -2.06. The fourth-order valence-corrected chi connectivity index (χ4v) is 1.66. The van der Waals surface area contributed by atoms with Crippen LogP contribution in [0.15, 0.2) is 60.3 Å². The van der Waals surface area contributed by atoms with Crippen molar-refractivity contribution in [1.82, 2.24) is 5.32 Å². The van der Waals surface area contributed by atoms with E-state index in [9.17, 15) is 14.0 Å². The molecule has 0 aliphatic carbocycles. The second-order valence-electron chi connectivity index (χ2n) is 4.23. The number of hydrogen-bond acceptors (Lipinski definition) is 2. The van der Waals surface area contributed by atoms with E-state index < -0.39 is 17.7 Å². The van der Waals surface area contributed by atoms with Crippen LogP contribution in [0.3, 0.4) is 0 Å². The van der Waals surface area contributed by atoms with Crippen LogP contribution < -0.4 is 5.32 Å². The Balaban J connectivity index is 2.22. The molecule has 4 nitrogen and oxygen atoms in total. The maximum atomic E-state index is 12.8. The van der Waals surface area contributed by atoms with Gasteiger partial charge in [-0.15, -0.1) is 0 Å². The topological polar surface area (TPSA) is 66.4 Å². The predicted octanol–water partition coefficient (Wildman–Crippen LogP) is 2.68. The van der Waals surface area contributed by atoms with Gasteiger partial charge >= 0.3 is 5.97 Å². The number of carbonyl (C=O) groups excluding carboxylic acids is 1. The fraction of sp³-hybridized carbons (Fsp3) is 0. The van der Waals surface area contributed by atoms with Gasteiger partial charge in [-0.3, -0.25) is 4.79 Å². The minimum Gasteiger partial charge on any atom is -0.477 e. The van der Waals surface area contributed by atoms with E-state index in [1.165, 1.54) is 30.3 Å². The highest BCUT2D eigenvalue weighted by molar-refractivity contribution is 6.02. The van der Waals surface area contributed by atoms with Crippen LogP contribution in [0, 0.1) is 5.82 Å². The van der Waals surface area contributed by atoms with E-state index in [2.05, 4.69) is 5.32 Å². The molecule has 0 aromatic heterocycles. The summed E-state index contributed by atoms with van der Waals surface area (Å²) >= 11 is 0. The Labute approximate surface area is 120 Å². The van der Waals surface area contributed by atoms with Gasteiger partial charge in [0.2, 0.25) is 0 Å². The Morgan fingerprint density at radius 3 is 2.19 bits per heavy atom. The maximum Gasteiger partial charge on any atom is 0.352 e. The van der Waals surface area contributed by atoms with Crippen LogP contribution in [0.2, 0.25) is 0 Å². The van der Waals surface area contributed by atoms with E-state index in [1.807, 2.05) is 0 Å². The maximum absolute atomic E-state index is 12.8. The summed E-state index contributed by atoms with van der Waals surface area (Å²) in [7, 11) is 0. The Morgan fingerprint density at radius 2 is 1.62 bits per heavy atom. The van der Waals surface area contributed by atoms with Crippen molar-refractivity contribution in [3.63, 3.8) is 0 Å². The quantitative estimate of drug-likeness (QED) is 0.849. The highest BCUT2D eigenvalue weighted by atomic mass is 19.1.